The lowest BCUT2D eigenvalue weighted by Crippen LogP contribution is -2.47. The highest BCUT2D eigenvalue weighted by Gasteiger charge is 2.28. The molecule has 128 valence electrons. The molecule has 1 aliphatic heterocycles. The number of amides is 2. The highest BCUT2D eigenvalue weighted by Crippen LogP contribution is 2.30. The summed E-state index contributed by atoms with van der Waals surface area (Å²) < 4.78 is 5.87. The van der Waals surface area contributed by atoms with Gasteiger partial charge >= 0.3 is 0 Å². The van der Waals surface area contributed by atoms with E-state index in [2.05, 4.69) is 15.6 Å². The van der Waals surface area contributed by atoms with Crippen molar-refractivity contribution < 1.29 is 14.3 Å². The molecule has 4 rings (SSSR count). The highest BCUT2D eigenvalue weighted by atomic mass is 35.5. The number of nitrogens with one attached hydrogen (secondary N) is 3. The van der Waals surface area contributed by atoms with Crippen molar-refractivity contribution in [2.24, 2.45) is 0 Å². The van der Waals surface area contributed by atoms with E-state index in [0.717, 1.165) is 21.5 Å². The molecule has 6 nitrogen and oxygen atoms in total. The first-order valence-corrected chi connectivity index (χ1v) is 8.79. The Morgan fingerprint density at radius 2 is 2.20 bits per heavy atom. The third kappa shape index (κ3) is 2.96. The summed E-state index contributed by atoms with van der Waals surface area (Å²) in [5.41, 5.74) is 2.07. The largest absolute Gasteiger partial charge is 0.497 e. The molecule has 3 aromatic rings. The minimum absolute atomic E-state index is 0.234. The molecule has 0 radical (unpaired) electrons. The van der Waals surface area contributed by atoms with Crippen LogP contribution in [0.4, 0.5) is 5.69 Å². The quantitative estimate of drug-likeness (QED) is 0.657. The minimum Gasteiger partial charge on any atom is -0.497 e. The molecule has 1 unspecified atom stereocenters. The lowest BCUT2D eigenvalue weighted by molar-refractivity contribution is -0.118. The second kappa shape index (κ2) is 6.09. The Labute approximate surface area is 152 Å². The number of methoxy groups -OCH3 is 1. The van der Waals surface area contributed by atoms with E-state index in [1.807, 2.05) is 6.07 Å². The third-order valence-corrected chi connectivity index (χ3v) is 5.33. The summed E-state index contributed by atoms with van der Waals surface area (Å²) in [5, 5.41) is 6.47. The number of ether oxygens (including phenoxy) is 1. The Morgan fingerprint density at radius 3 is 2.96 bits per heavy atom. The van der Waals surface area contributed by atoms with Crippen molar-refractivity contribution in [3.63, 3.8) is 0 Å². The average molecular weight is 376 g/mol. The molecule has 0 saturated carbocycles. The smallest absolute Gasteiger partial charge is 0.268 e. The molecule has 3 N–H and O–H groups in total. The molecule has 0 bridgehead atoms. The fraction of sp³-hybridized carbons (Fsp3) is 0.176. The van der Waals surface area contributed by atoms with Gasteiger partial charge in [-0.2, -0.15) is 0 Å². The molecule has 8 heteroatoms. The van der Waals surface area contributed by atoms with Crippen molar-refractivity contribution in [1.29, 1.82) is 0 Å². The van der Waals surface area contributed by atoms with Gasteiger partial charge in [-0.3, -0.25) is 9.59 Å². The average Bonchev–Trinajstić information content (AvgIpc) is 3.12. The number of H-pyrrole nitrogens is 1. The van der Waals surface area contributed by atoms with E-state index in [1.165, 1.54) is 11.3 Å². The van der Waals surface area contributed by atoms with Crippen LogP contribution in [-0.4, -0.2) is 29.9 Å². The summed E-state index contributed by atoms with van der Waals surface area (Å²) in [7, 11) is 1.59. The van der Waals surface area contributed by atoms with Crippen LogP contribution in [0.2, 0.25) is 4.34 Å². The number of aromatic nitrogens is 1. The monoisotopic (exact) mass is 375 g/mol. The van der Waals surface area contributed by atoms with Gasteiger partial charge in [0.2, 0.25) is 5.91 Å². The van der Waals surface area contributed by atoms with Crippen LogP contribution in [0.5, 0.6) is 5.75 Å². The van der Waals surface area contributed by atoms with Crippen LogP contribution >= 0.6 is 22.9 Å². The van der Waals surface area contributed by atoms with Gasteiger partial charge in [-0.15, -0.1) is 11.3 Å². The third-order valence-electron chi connectivity index (χ3n) is 4.14. The van der Waals surface area contributed by atoms with E-state index in [9.17, 15) is 9.59 Å². The number of halogens is 1. The Bertz CT molecular complexity index is 963. The topological polar surface area (TPSA) is 83.2 Å². The van der Waals surface area contributed by atoms with E-state index in [-0.39, 0.29) is 11.8 Å². The van der Waals surface area contributed by atoms with Crippen LogP contribution in [0.15, 0.2) is 30.3 Å². The second-order valence-corrected chi connectivity index (χ2v) is 7.44. The van der Waals surface area contributed by atoms with E-state index in [4.69, 9.17) is 16.3 Å². The zero-order chi connectivity index (χ0) is 17.6. The van der Waals surface area contributed by atoms with Gasteiger partial charge in [-0.05, 0) is 35.9 Å². The van der Waals surface area contributed by atoms with Crippen LogP contribution in [0.25, 0.3) is 10.2 Å². The number of rotatable bonds is 3. The first-order chi connectivity index (χ1) is 12.0. The Balaban J connectivity index is 1.53. The SMILES string of the molecule is COc1ccc2c(c1)CC(NC(=O)c1cc3cc(Cl)sc3[nH]1)C(=O)N2. The van der Waals surface area contributed by atoms with Crippen LogP contribution < -0.4 is 15.4 Å². The molecule has 0 spiro atoms. The fourth-order valence-corrected chi connectivity index (χ4v) is 4.01. The molecule has 1 atom stereocenters. The maximum absolute atomic E-state index is 12.5. The molecular formula is C17H14ClN3O3S. The molecule has 25 heavy (non-hydrogen) atoms. The summed E-state index contributed by atoms with van der Waals surface area (Å²) in [4.78, 5) is 28.6. The molecule has 2 amide bonds. The summed E-state index contributed by atoms with van der Waals surface area (Å²) >= 11 is 7.31. The van der Waals surface area contributed by atoms with Crippen molar-refractivity contribution in [1.82, 2.24) is 10.3 Å². The number of fused-ring (bicyclic) bond motifs is 2. The molecule has 0 fully saturated rings. The summed E-state index contributed by atoms with van der Waals surface area (Å²) in [6.45, 7) is 0. The first kappa shape index (κ1) is 16.0. The number of benzene rings is 1. The Kier molecular flexibility index (Phi) is 3.89. The van der Waals surface area contributed by atoms with Crippen LogP contribution in [-0.2, 0) is 11.2 Å². The zero-order valence-corrected chi connectivity index (χ0v) is 14.8. The predicted octanol–water partition coefficient (Wildman–Crippen LogP) is 3.18. The van der Waals surface area contributed by atoms with Gasteiger partial charge in [0, 0.05) is 17.5 Å². The number of aromatic amines is 1. The molecule has 3 heterocycles. The lowest BCUT2D eigenvalue weighted by Gasteiger charge is -2.25. The maximum atomic E-state index is 12.5. The molecule has 1 aromatic carbocycles. The maximum Gasteiger partial charge on any atom is 0.268 e. The minimum atomic E-state index is -0.642. The van der Waals surface area contributed by atoms with Gasteiger partial charge in [0.25, 0.3) is 5.91 Å². The number of anilines is 1. The van der Waals surface area contributed by atoms with Crippen molar-refractivity contribution >= 4 is 50.7 Å². The Morgan fingerprint density at radius 1 is 1.36 bits per heavy atom. The van der Waals surface area contributed by atoms with E-state index < -0.39 is 6.04 Å². The first-order valence-electron chi connectivity index (χ1n) is 7.60. The number of hydrogen-bond donors (Lipinski definition) is 3. The van der Waals surface area contributed by atoms with Crippen LogP contribution in [0, 0.1) is 0 Å². The van der Waals surface area contributed by atoms with Crippen molar-refractivity contribution in [3.05, 3.63) is 45.9 Å². The molecular weight excluding hydrogens is 362 g/mol. The van der Waals surface area contributed by atoms with E-state index in [0.29, 0.717) is 22.2 Å². The second-order valence-electron chi connectivity index (χ2n) is 5.76. The predicted molar refractivity (Wildman–Crippen MR) is 97.8 cm³/mol. The molecule has 0 saturated heterocycles. The number of thiophene rings is 1. The summed E-state index contributed by atoms with van der Waals surface area (Å²) in [6, 6.07) is 8.33. The zero-order valence-electron chi connectivity index (χ0n) is 13.2. The van der Waals surface area contributed by atoms with Gasteiger partial charge in [-0.25, -0.2) is 0 Å². The molecule has 2 aromatic heterocycles. The normalized spacial score (nSPS) is 16.4. The Hall–Kier alpha value is -2.51. The highest BCUT2D eigenvalue weighted by molar-refractivity contribution is 7.22. The van der Waals surface area contributed by atoms with Gasteiger partial charge in [0.05, 0.1) is 11.4 Å². The number of hydrogen-bond acceptors (Lipinski definition) is 4. The van der Waals surface area contributed by atoms with Crippen LogP contribution in [0.3, 0.4) is 0 Å². The standard InChI is InChI=1S/C17H14ClN3O3S/c1-24-10-2-3-11-8(4-10)5-12(15(22)19-11)20-16(23)13-6-9-7-14(18)25-17(9)21-13/h2-4,6-7,12,21H,5H2,1H3,(H,19,22)(H,20,23). The van der Waals surface area contributed by atoms with Gasteiger partial charge in [0.15, 0.2) is 0 Å². The fourth-order valence-electron chi connectivity index (χ4n) is 2.89. The van der Waals surface area contributed by atoms with Crippen molar-refractivity contribution in [2.45, 2.75) is 12.5 Å². The van der Waals surface area contributed by atoms with Gasteiger partial charge in [0.1, 0.15) is 22.3 Å². The summed E-state index contributed by atoms with van der Waals surface area (Å²) in [5.74, 6) is 0.148. The number of carbonyl (C=O) groups is 2. The molecule has 1 aliphatic rings. The summed E-state index contributed by atoms with van der Waals surface area (Å²) in [6.07, 6.45) is 0.408. The van der Waals surface area contributed by atoms with Crippen molar-refractivity contribution in [3.8, 4) is 5.75 Å². The lowest BCUT2D eigenvalue weighted by atomic mass is 9.98. The van der Waals surface area contributed by atoms with E-state index in [1.54, 1.807) is 31.4 Å². The number of carbonyl (C=O) groups excluding carboxylic acids is 2. The van der Waals surface area contributed by atoms with Gasteiger partial charge in [-0.1, -0.05) is 11.6 Å². The van der Waals surface area contributed by atoms with Gasteiger partial charge < -0.3 is 20.4 Å². The molecule has 0 aliphatic carbocycles. The van der Waals surface area contributed by atoms with Crippen LogP contribution in [0.1, 0.15) is 16.1 Å². The van der Waals surface area contributed by atoms with E-state index >= 15 is 0 Å². The van der Waals surface area contributed by atoms with Crippen molar-refractivity contribution in [2.75, 3.05) is 12.4 Å².